The van der Waals surface area contributed by atoms with E-state index in [0.29, 0.717) is 35.3 Å². The molecule has 0 radical (unpaired) electrons. The molecule has 12 nitrogen and oxygen atoms in total. The number of esters is 1. The van der Waals surface area contributed by atoms with E-state index >= 15 is 4.39 Å². The second-order valence-electron chi connectivity index (χ2n) is 11.3. The molecule has 6 rings (SSSR count). The number of nitrogens with zero attached hydrogens (tertiary/aromatic N) is 2. The number of carbonyl (C=O) groups excluding carboxylic acids is 3. The number of hydrogen-bond donors (Lipinski definition) is 3. The number of aliphatic hydroxyl groups is 1. The Morgan fingerprint density at radius 2 is 2.00 bits per heavy atom. The van der Waals surface area contributed by atoms with Crippen LogP contribution < -0.4 is 16.2 Å². The van der Waals surface area contributed by atoms with Gasteiger partial charge >= 0.3 is 5.97 Å². The monoisotopic (exact) mass is 608 g/mol. The summed E-state index contributed by atoms with van der Waals surface area (Å²) in [5.74, 6) is -1.87. The molecule has 3 aliphatic rings. The molecule has 1 aromatic carbocycles. The van der Waals surface area contributed by atoms with Gasteiger partial charge in [-0.15, -0.1) is 0 Å². The highest BCUT2D eigenvalue weighted by Gasteiger charge is 2.46. The number of amides is 2. The lowest BCUT2D eigenvalue weighted by molar-refractivity contribution is -0.172. The first-order chi connectivity index (χ1) is 21.0. The number of aromatic nitrogens is 2. The van der Waals surface area contributed by atoms with Crippen molar-refractivity contribution in [1.29, 1.82) is 0 Å². The third-order valence-electron chi connectivity index (χ3n) is 8.74. The predicted octanol–water partition coefficient (Wildman–Crippen LogP) is 1.76. The lowest BCUT2D eigenvalue weighted by Gasteiger charge is -2.31. The summed E-state index contributed by atoms with van der Waals surface area (Å²) in [6, 6.07) is 3.03. The van der Waals surface area contributed by atoms with E-state index in [2.05, 4.69) is 10.6 Å². The lowest BCUT2D eigenvalue weighted by atomic mass is 9.82. The van der Waals surface area contributed by atoms with Crippen LogP contribution in [0.5, 0.6) is 0 Å². The highest BCUT2D eigenvalue weighted by atomic mass is 19.1. The van der Waals surface area contributed by atoms with Crippen LogP contribution in [0.3, 0.4) is 0 Å². The minimum absolute atomic E-state index is 0.0236. The molecule has 3 aromatic rings. The average Bonchev–Trinajstić information content (AvgIpc) is 3.37. The molecule has 1 aliphatic carbocycles. The van der Waals surface area contributed by atoms with E-state index in [0.717, 1.165) is 22.1 Å². The summed E-state index contributed by atoms with van der Waals surface area (Å²) in [4.78, 5) is 53.8. The van der Waals surface area contributed by atoms with Crippen molar-refractivity contribution in [3.8, 4) is 11.4 Å². The van der Waals surface area contributed by atoms with E-state index in [-0.39, 0.29) is 80.4 Å². The number of hydrogen-bond acceptors (Lipinski definition) is 9. The van der Waals surface area contributed by atoms with Gasteiger partial charge in [0.1, 0.15) is 19.2 Å². The van der Waals surface area contributed by atoms with Crippen LogP contribution in [0.15, 0.2) is 16.9 Å². The Bertz CT molecular complexity index is 1790. The Kier molecular flexibility index (Phi) is 7.72. The van der Waals surface area contributed by atoms with Gasteiger partial charge < -0.3 is 34.5 Å². The van der Waals surface area contributed by atoms with E-state index in [1.807, 2.05) is 0 Å². The molecule has 0 spiro atoms. The van der Waals surface area contributed by atoms with Gasteiger partial charge in [0.05, 0.1) is 54.9 Å². The SMILES string of the molecule is CC[C@@]1(O)C(=O)OCc2c1cc1n(c2=O)Cc2c-1nc1cc(F)c(C)c3c1c2[C@H](OCCOCNC(=O)CNC(C)=O)CC3. The number of rotatable bonds is 9. The van der Waals surface area contributed by atoms with E-state index in [9.17, 15) is 24.3 Å². The molecule has 0 saturated heterocycles. The second kappa shape index (κ2) is 11.4. The highest BCUT2D eigenvalue weighted by molar-refractivity contribution is 5.93. The number of nitrogens with one attached hydrogen (secondary N) is 2. The third kappa shape index (κ3) is 4.84. The number of fused-ring (bicyclic) bond motifs is 5. The fraction of sp³-hybridized carbons (Fsp3) is 0.452. The third-order valence-corrected chi connectivity index (χ3v) is 8.74. The number of cyclic esters (lactones) is 1. The number of benzene rings is 1. The van der Waals surface area contributed by atoms with Gasteiger partial charge in [-0.25, -0.2) is 14.2 Å². The summed E-state index contributed by atoms with van der Waals surface area (Å²) >= 11 is 0. The Labute approximate surface area is 251 Å². The predicted molar refractivity (Wildman–Crippen MR) is 154 cm³/mol. The number of halogens is 1. The molecule has 0 fully saturated rings. The summed E-state index contributed by atoms with van der Waals surface area (Å²) < 4.78 is 33.6. The highest BCUT2D eigenvalue weighted by Crippen LogP contribution is 2.46. The molecule has 232 valence electrons. The van der Waals surface area contributed by atoms with E-state index in [1.165, 1.54) is 13.0 Å². The minimum Gasteiger partial charge on any atom is -0.458 e. The first kappa shape index (κ1) is 29.9. The summed E-state index contributed by atoms with van der Waals surface area (Å²) in [5.41, 5.74) is 2.45. The maximum atomic E-state index is 15.1. The van der Waals surface area contributed by atoms with Crippen molar-refractivity contribution in [1.82, 2.24) is 20.2 Å². The largest absolute Gasteiger partial charge is 0.458 e. The van der Waals surface area contributed by atoms with Gasteiger partial charge in [0.25, 0.3) is 5.56 Å². The first-order valence-corrected chi connectivity index (χ1v) is 14.6. The van der Waals surface area contributed by atoms with Crippen molar-refractivity contribution >= 4 is 28.7 Å². The number of aryl methyl sites for hydroxylation is 1. The molecule has 0 bridgehead atoms. The van der Waals surface area contributed by atoms with Gasteiger partial charge in [-0.1, -0.05) is 6.92 Å². The van der Waals surface area contributed by atoms with Crippen LogP contribution in [0.4, 0.5) is 4.39 Å². The quantitative estimate of drug-likeness (QED) is 0.146. The van der Waals surface area contributed by atoms with E-state index < -0.39 is 17.7 Å². The van der Waals surface area contributed by atoms with Crippen LogP contribution in [0, 0.1) is 12.7 Å². The molecule has 0 unspecified atom stereocenters. The second-order valence-corrected chi connectivity index (χ2v) is 11.3. The normalized spacial score (nSPS) is 19.7. The Morgan fingerprint density at radius 3 is 2.75 bits per heavy atom. The van der Waals surface area contributed by atoms with Gasteiger partial charge in [-0.05, 0) is 48.9 Å². The molecule has 0 saturated carbocycles. The van der Waals surface area contributed by atoms with Crippen LogP contribution in [0.25, 0.3) is 22.3 Å². The van der Waals surface area contributed by atoms with Crippen molar-refractivity contribution in [2.75, 3.05) is 26.5 Å². The number of pyridine rings is 2. The summed E-state index contributed by atoms with van der Waals surface area (Å²) in [6.07, 6.45) is 0.760. The molecule has 4 heterocycles. The zero-order valence-electron chi connectivity index (χ0n) is 24.7. The van der Waals surface area contributed by atoms with E-state index in [4.69, 9.17) is 19.2 Å². The fourth-order valence-electron chi connectivity index (χ4n) is 6.40. The Morgan fingerprint density at radius 1 is 1.20 bits per heavy atom. The number of carbonyl (C=O) groups is 3. The molecule has 3 N–H and O–H groups in total. The fourth-order valence-corrected chi connectivity index (χ4v) is 6.40. The summed E-state index contributed by atoms with van der Waals surface area (Å²) in [5, 5.41) is 17.0. The van der Waals surface area contributed by atoms with Crippen LogP contribution in [0.2, 0.25) is 0 Å². The van der Waals surface area contributed by atoms with Gasteiger partial charge in [0.2, 0.25) is 11.8 Å². The van der Waals surface area contributed by atoms with E-state index in [1.54, 1.807) is 24.5 Å². The lowest BCUT2D eigenvalue weighted by Crippen LogP contribution is -2.44. The molecular formula is C31H33FN4O8. The van der Waals surface area contributed by atoms with Crippen LogP contribution in [-0.2, 0) is 53.8 Å². The Hall–Kier alpha value is -4.20. The Balaban J connectivity index is 1.33. The zero-order valence-corrected chi connectivity index (χ0v) is 24.7. The molecule has 13 heteroatoms. The van der Waals surface area contributed by atoms with Crippen LogP contribution in [0.1, 0.15) is 66.2 Å². The maximum Gasteiger partial charge on any atom is 0.343 e. The van der Waals surface area contributed by atoms with Crippen LogP contribution >= 0.6 is 0 Å². The molecule has 2 amide bonds. The maximum absolute atomic E-state index is 15.1. The van der Waals surface area contributed by atoms with Gasteiger partial charge in [-0.3, -0.25) is 14.4 Å². The summed E-state index contributed by atoms with van der Waals surface area (Å²) in [6.45, 7) is 4.85. The first-order valence-electron chi connectivity index (χ1n) is 14.6. The smallest absolute Gasteiger partial charge is 0.343 e. The molecule has 2 aromatic heterocycles. The van der Waals surface area contributed by atoms with Crippen molar-refractivity contribution in [2.45, 2.75) is 64.9 Å². The molecule has 44 heavy (non-hydrogen) atoms. The molecule has 2 atom stereocenters. The van der Waals surface area contributed by atoms with Crippen molar-refractivity contribution < 1.29 is 38.1 Å². The van der Waals surface area contributed by atoms with Crippen molar-refractivity contribution in [2.24, 2.45) is 0 Å². The van der Waals surface area contributed by atoms with Crippen LogP contribution in [-0.4, -0.2) is 58.9 Å². The standard InChI is InChI=1S/C31H33FN4O8/c1-4-31(41)20-9-23-28-18(12-36(23)29(39)19(20)13-44-30(31)40)27-24(43-8-7-42-14-34-25(38)11-33-16(3)37)6-5-17-15(2)21(32)10-22(35-28)26(17)27/h9-10,24,41H,4-8,11-14H2,1-3H3,(H,33,37)(H,34,38)/t24-,31+/m1/s1. The van der Waals surface area contributed by atoms with Gasteiger partial charge in [0.15, 0.2) is 5.60 Å². The van der Waals surface area contributed by atoms with Crippen molar-refractivity contribution in [3.05, 3.63) is 61.7 Å². The molecule has 2 aliphatic heterocycles. The zero-order chi connectivity index (χ0) is 31.3. The van der Waals surface area contributed by atoms with Gasteiger partial charge in [0, 0.05) is 29.5 Å². The van der Waals surface area contributed by atoms with Crippen molar-refractivity contribution in [3.63, 3.8) is 0 Å². The van der Waals surface area contributed by atoms with Gasteiger partial charge in [-0.2, -0.15) is 0 Å². The molecular weight excluding hydrogens is 575 g/mol. The number of ether oxygens (including phenoxy) is 3. The summed E-state index contributed by atoms with van der Waals surface area (Å²) in [7, 11) is 0. The average molecular weight is 609 g/mol. The minimum atomic E-state index is -1.96. The topological polar surface area (TPSA) is 158 Å².